The second-order valence-electron chi connectivity index (χ2n) is 6.01. The van der Waals surface area contributed by atoms with E-state index < -0.39 is 11.7 Å². The van der Waals surface area contributed by atoms with Crippen LogP contribution in [0.5, 0.6) is 0 Å². The summed E-state index contributed by atoms with van der Waals surface area (Å²) in [4.78, 5) is 8.55. The molecule has 2 N–H and O–H groups in total. The van der Waals surface area contributed by atoms with E-state index in [1.807, 2.05) is 14.0 Å². The van der Waals surface area contributed by atoms with E-state index in [-0.39, 0.29) is 17.6 Å². The van der Waals surface area contributed by atoms with Crippen molar-refractivity contribution in [3.8, 4) is 11.5 Å². The third-order valence-corrected chi connectivity index (χ3v) is 3.94. The third-order valence-electron chi connectivity index (χ3n) is 3.94. The fourth-order valence-corrected chi connectivity index (χ4v) is 2.41. The Kier molecular flexibility index (Phi) is 5.41. The summed E-state index contributed by atoms with van der Waals surface area (Å²) in [6.45, 7) is 1.99. The van der Waals surface area contributed by atoms with Gasteiger partial charge >= 0.3 is 6.18 Å². The van der Waals surface area contributed by atoms with Gasteiger partial charge in [0, 0.05) is 24.3 Å². The Bertz CT molecular complexity index is 910. The number of hydrogen-bond acceptors (Lipinski definition) is 6. The van der Waals surface area contributed by atoms with Crippen LogP contribution in [0.15, 0.2) is 47.1 Å². The van der Waals surface area contributed by atoms with Gasteiger partial charge in [-0.2, -0.15) is 18.2 Å². The van der Waals surface area contributed by atoms with Crippen LogP contribution in [-0.2, 0) is 12.6 Å². The molecule has 27 heavy (non-hydrogen) atoms. The van der Waals surface area contributed by atoms with Crippen molar-refractivity contribution in [2.75, 3.05) is 12.4 Å². The average molecular weight is 377 g/mol. The van der Waals surface area contributed by atoms with Crippen LogP contribution in [0.2, 0.25) is 0 Å². The van der Waals surface area contributed by atoms with Crippen molar-refractivity contribution in [2.24, 2.45) is 0 Å². The second-order valence-corrected chi connectivity index (χ2v) is 6.01. The molecule has 3 aromatic rings. The van der Waals surface area contributed by atoms with Gasteiger partial charge in [0.2, 0.25) is 0 Å². The number of halogens is 3. The molecule has 0 fully saturated rings. The van der Waals surface area contributed by atoms with Gasteiger partial charge < -0.3 is 15.2 Å². The predicted molar refractivity (Wildman–Crippen MR) is 94.5 cm³/mol. The van der Waals surface area contributed by atoms with Crippen LogP contribution in [-0.4, -0.2) is 28.2 Å². The van der Waals surface area contributed by atoms with Crippen LogP contribution in [0.3, 0.4) is 0 Å². The van der Waals surface area contributed by atoms with Crippen LogP contribution >= 0.6 is 0 Å². The molecule has 1 atom stereocenters. The first-order valence-electron chi connectivity index (χ1n) is 8.26. The molecule has 1 aromatic carbocycles. The van der Waals surface area contributed by atoms with E-state index in [9.17, 15) is 13.2 Å². The molecule has 0 bridgehead atoms. The number of nitrogens with one attached hydrogen (secondary N) is 2. The largest absolute Gasteiger partial charge is 0.416 e. The predicted octanol–water partition coefficient (Wildman–Crippen LogP) is 4.04. The zero-order valence-electron chi connectivity index (χ0n) is 14.7. The van der Waals surface area contributed by atoms with Crippen LogP contribution in [0.1, 0.15) is 18.3 Å². The maximum atomic E-state index is 12.9. The monoisotopic (exact) mass is 377 g/mol. The number of benzene rings is 1. The summed E-state index contributed by atoms with van der Waals surface area (Å²) in [7, 11) is 1.84. The minimum atomic E-state index is -4.42. The Morgan fingerprint density at radius 1 is 1.19 bits per heavy atom. The smallest absolute Gasteiger partial charge is 0.340 e. The molecule has 0 saturated carbocycles. The maximum absolute atomic E-state index is 12.9. The van der Waals surface area contributed by atoms with E-state index in [1.54, 1.807) is 12.1 Å². The number of aromatic nitrogens is 3. The van der Waals surface area contributed by atoms with Crippen LogP contribution < -0.4 is 10.6 Å². The van der Waals surface area contributed by atoms with Crippen molar-refractivity contribution in [1.29, 1.82) is 0 Å². The first-order chi connectivity index (χ1) is 12.9. The fourth-order valence-electron chi connectivity index (χ4n) is 2.41. The van der Waals surface area contributed by atoms with Crippen molar-refractivity contribution in [2.45, 2.75) is 25.6 Å². The van der Waals surface area contributed by atoms with E-state index >= 15 is 0 Å². The molecular formula is C18H18F3N5O. The number of pyridine rings is 1. The lowest BCUT2D eigenvalue weighted by Gasteiger charge is -2.11. The van der Waals surface area contributed by atoms with Crippen LogP contribution in [0.25, 0.3) is 11.5 Å². The summed E-state index contributed by atoms with van der Waals surface area (Å²) in [6, 6.07) is 8.46. The Morgan fingerprint density at radius 3 is 2.74 bits per heavy atom. The minimum absolute atomic E-state index is 0.173. The lowest BCUT2D eigenvalue weighted by molar-refractivity contribution is -0.137. The lowest BCUT2D eigenvalue weighted by Crippen LogP contribution is -2.24. The molecule has 9 heteroatoms. The van der Waals surface area contributed by atoms with Crippen LogP contribution in [0, 0.1) is 0 Å². The average Bonchev–Trinajstić information content (AvgIpc) is 3.10. The van der Waals surface area contributed by atoms with Gasteiger partial charge in [0.1, 0.15) is 5.82 Å². The van der Waals surface area contributed by atoms with Gasteiger partial charge in [-0.15, -0.1) is 0 Å². The number of rotatable bonds is 6. The first kappa shape index (κ1) is 18.8. The fraction of sp³-hybridized carbons (Fsp3) is 0.278. The van der Waals surface area contributed by atoms with E-state index in [0.29, 0.717) is 23.6 Å². The summed E-state index contributed by atoms with van der Waals surface area (Å²) in [6.07, 6.45) is -2.31. The van der Waals surface area contributed by atoms with Gasteiger partial charge in [-0.1, -0.05) is 11.2 Å². The number of likely N-dealkylation sites (N-methyl/N-ethyl adjacent to an activating group) is 1. The Hall–Kier alpha value is -2.94. The Labute approximate surface area is 153 Å². The van der Waals surface area contributed by atoms with Gasteiger partial charge in [0.05, 0.1) is 11.1 Å². The zero-order chi connectivity index (χ0) is 19.4. The van der Waals surface area contributed by atoms with Gasteiger partial charge in [0.25, 0.3) is 5.89 Å². The van der Waals surface area contributed by atoms with Gasteiger partial charge in [0.15, 0.2) is 5.82 Å². The molecule has 0 radical (unpaired) electrons. The van der Waals surface area contributed by atoms with E-state index in [0.717, 1.165) is 12.1 Å². The summed E-state index contributed by atoms with van der Waals surface area (Å²) in [5, 5.41) is 9.92. The zero-order valence-corrected chi connectivity index (χ0v) is 14.7. The molecule has 6 nitrogen and oxygen atoms in total. The molecule has 2 aromatic heterocycles. The van der Waals surface area contributed by atoms with Crippen molar-refractivity contribution >= 4 is 11.5 Å². The summed E-state index contributed by atoms with van der Waals surface area (Å²) in [5.41, 5.74) is 0.0187. The lowest BCUT2D eigenvalue weighted by atomic mass is 10.2. The Balaban J connectivity index is 1.87. The molecular weight excluding hydrogens is 359 g/mol. The molecule has 0 amide bonds. The van der Waals surface area contributed by atoms with Crippen molar-refractivity contribution < 1.29 is 17.7 Å². The molecule has 0 saturated heterocycles. The molecule has 0 aliphatic rings. The number of hydrogen-bond donors (Lipinski definition) is 2. The molecule has 0 spiro atoms. The highest BCUT2D eigenvalue weighted by molar-refractivity contribution is 5.73. The molecule has 2 heterocycles. The highest BCUT2D eigenvalue weighted by atomic mass is 19.4. The molecule has 0 aliphatic carbocycles. The first-order valence-corrected chi connectivity index (χ1v) is 8.26. The summed E-state index contributed by atoms with van der Waals surface area (Å²) < 4.78 is 44.0. The third kappa shape index (κ3) is 4.62. The molecule has 1 unspecified atom stereocenters. The van der Waals surface area contributed by atoms with Gasteiger partial charge in [-0.3, -0.25) is 0 Å². The highest BCUT2D eigenvalue weighted by Gasteiger charge is 2.30. The van der Waals surface area contributed by atoms with Gasteiger partial charge in [-0.25, -0.2) is 4.98 Å². The highest BCUT2D eigenvalue weighted by Crippen LogP contribution is 2.32. The Morgan fingerprint density at radius 2 is 2.00 bits per heavy atom. The summed E-state index contributed by atoms with van der Waals surface area (Å²) >= 11 is 0. The normalized spacial score (nSPS) is 12.8. The SMILES string of the molecule is CNC(C)Cc1noc(-c2cccnc2Nc2cccc(C(F)(F)F)c2)n1. The van der Waals surface area contributed by atoms with Crippen LogP contribution in [0.4, 0.5) is 24.7 Å². The minimum Gasteiger partial charge on any atom is -0.340 e. The molecule has 0 aliphatic heterocycles. The van der Waals surface area contributed by atoms with Crippen molar-refractivity contribution in [3.05, 3.63) is 54.0 Å². The number of alkyl halides is 3. The van der Waals surface area contributed by atoms with E-state index in [4.69, 9.17) is 4.52 Å². The van der Waals surface area contributed by atoms with E-state index in [2.05, 4.69) is 25.8 Å². The standard InChI is InChI=1S/C18H18F3N5O/c1-11(22-2)9-15-25-17(27-26-15)14-7-4-8-23-16(14)24-13-6-3-5-12(10-13)18(19,20)21/h3-8,10-11,22H,9H2,1-2H3,(H,23,24). The topological polar surface area (TPSA) is 75.9 Å². The number of nitrogens with zero attached hydrogens (tertiary/aromatic N) is 3. The van der Waals surface area contributed by atoms with Gasteiger partial charge in [-0.05, 0) is 44.3 Å². The van der Waals surface area contributed by atoms with Crippen molar-refractivity contribution in [1.82, 2.24) is 20.4 Å². The maximum Gasteiger partial charge on any atom is 0.416 e. The second kappa shape index (κ2) is 7.75. The summed E-state index contributed by atoms with van der Waals surface area (Å²) in [5.74, 6) is 1.10. The quantitative estimate of drug-likeness (QED) is 0.675. The molecule has 3 rings (SSSR count). The van der Waals surface area contributed by atoms with Crippen molar-refractivity contribution in [3.63, 3.8) is 0 Å². The van der Waals surface area contributed by atoms with E-state index in [1.165, 1.54) is 18.3 Å². The number of anilines is 2. The molecule has 142 valence electrons.